The highest BCUT2D eigenvalue weighted by Crippen LogP contribution is 2.57. The topological polar surface area (TPSA) is 28.2 Å². The van der Waals surface area contributed by atoms with Crippen molar-refractivity contribution in [2.75, 3.05) is 14.7 Å². The lowest BCUT2D eigenvalue weighted by Gasteiger charge is -2.47. The fourth-order valence-electron chi connectivity index (χ4n) is 10.3. The molecule has 0 radical (unpaired) electrons. The molecule has 0 aromatic heterocycles. The fraction of sp³-hybridized carbons (Fsp3) is 0.0588. The van der Waals surface area contributed by atoms with Gasteiger partial charge < -0.3 is 24.2 Å². The highest BCUT2D eigenvalue weighted by atomic mass is 16.5. The Hall–Kier alpha value is -7.18. The quantitative estimate of drug-likeness (QED) is 0.165. The number of ether oxygens (including phenoxy) is 2. The van der Waals surface area contributed by atoms with Gasteiger partial charge in [-0.2, -0.15) is 0 Å². The molecule has 0 amide bonds. The highest BCUT2D eigenvalue weighted by Gasteiger charge is 2.48. The molecule has 0 bridgehead atoms. The summed E-state index contributed by atoms with van der Waals surface area (Å²) in [6.07, 6.45) is 0. The van der Waals surface area contributed by atoms with E-state index in [1.807, 2.05) is 0 Å². The largest absolute Gasteiger partial charge is 0.453 e. The van der Waals surface area contributed by atoms with Gasteiger partial charge in [0.1, 0.15) is 0 Å². The number of para-hydroxylation sites is 8. The summed E-state index contributed by atoms with van der Waals surface area (Å²) < 4.78 is 13.3. The van der Waals surface area contributed by atoms with E-state index in [4.69, 9.17) is 9.47 Å². The van der Waals surface area contributed by atoms with Crippen LogP contribution in [0.2, 0.25) is 0 Å². The molecule has 0 aliphatic carbocycles. The summed E-state index contributed by atoms with van der Waals surface area (Å²) in [6, 6.07) is 61.5. The molecule has 5 nitrogen and oxygen atoms in total. The van der Waals surface area contributed by atoms with Gasteiger partial charge in [0, 0.05) is 22.5 Å². The second kappa shape index (κ2) is 11.0. The van der Waals surface area contributed by atoms with Crippen LogP contribution >= 0.6 is 0 Å². The molecule has 0 fully saturated rings. The zero-order valence-corrected chi connectivity index (χ0v) is 31.4. The van der Waals surface area contributed by atoms with E-state index < -0.39 is 0 Å². The smallest absolute Gasteiger partial charge is 0.252 e. The number of hydrogen-bond acceptors (Lipinski definition) is 5. The van der Waals surface area contributed by atoms with Gasteiger partial charge in [-0.25, -0.2) is 0 Å². The Morgan fingerprint density at radius 2 is 0.860 bits per heavy atom. The lowest BCUT2D eigenvalue weighted by molar-refractivity contribution is 0.477. The molecule has 57 heavy (non-hydrogen) atoms. The third-order valence-corrected chi connectivity index (χ3v) is 12.8. The van der Waals surface area contributed by atoms with Crippen molar-refractivity contribution in [3.05, 3.63) is 181 Å². The number of benzene rings is 8. The highest BCUT2D eigenvalue weighted by molar-refractivity contribution is 7.00. The molecular weight excluding hydrogens is 697 g/mol. The number of anilines is 9. The van der Waals surface area contributed by atoms with Crippen molar-refractivity contribution in [1.82, 2.24) is 0 Å². The van der Waals surface area contributed by atoms with Crippen LogP contribution in [-0.2, 0) is 5.41 Å². The Kier molecular flexibility index (Phi) is 5.99. The van der Waals surface area contributed by atoms with Crippen LogP contribution in [-0.4, -0.2) is 6.71 Å². The van der Waals surface area contributed by atoms with Gasteiger partial charge in [0.2, 0.25) is 0 Å². The zero-order chi connectivity index (χ0) is 37.6. The average molecular weight is 732 g/mol. The number of nitrogens with zero attached hydrogens (tertiary/aromatic N) is 3. The van der Waals surface area contributed by atoms with E-state index in [1.54, 1.807) is 0 Å². The van der Waals surface area contributed by atoms with Gasteiger partial charge in [0.25, 0.3) is 6.71 Å². The first kappa shape index (κ1) is 31.1. The maximum atomic E-state index is 6.66. The van der Waals surface area contributed by atoms with Crippen LogP contribution < -0.4 is 40.6 Å². The lowest BCUT2D eigenvalue weighted by Crippen LogP contribution is -2.61. The van der Waals surface area contributed by atoms with E-state index in [0.29, 0.717) is 0 Å². The Balaban J connectivity index is 1.05. The second-order valence-corrected chi connectivity index (χ2v) is 16.1. The zero-order valence-electron chi connectivity index (χ0n) is 31.4. The summed E-state index contributed by atoms with van der Waals surface area (Å²) in [6.45, 7) is 4.65. The lowest BCUT2D eigenvalue weighted by atomic mass is 9.33. The minimum atomic E-state index is -0.112. The van der Waals surface area contributed by atoms with Crippen molar-refractivity contribution in [3.63, 3.8) is 0 Å². The molecule has 0 N–H and O–H groups in total. The first-order valence-electron chi connectivity index (χ1n) is 19.7. The van der Waals surface area contributed by atoms with Crippen LogP contribution in [0.5, 0.6) is 23.0 Å². The molecule has 5 aliphatic rings. The van der Waals surface area contributed by atoms with Crippen LogP contribution in [0.3, 0.4) is 0 Å². The van der Waals surface area contributed by atoms with Crippen molar-refractivity contribution >= 4 is 74.3 Å². The molecule has 268 valence electrons. The summed E-state index contributed by atoms with van der Waals surface area (Å²) in [7, 11) is 0. The second-order valence-electron chi connectivity index (χ2n) is 16.1. The van der Waals surface area contributed by atoms with Crippen molar-refractivity contribution in [2.45, 2.75) is 19.3 Å². The molecule has 8 aromatic rings. The van der Waals surface area contributed by atoms with Crippen molar-refractivity contribution in [3.8, 4) is 34.1 Å². The van der Waals surface area contributed by atoms with Crippen LogP contribution in [0.4, 0.5) is 51.2 Å². The molecule has 8 aromatic carbocycles. The summed E-state index contributed by atoms with van der Waals surface area (Å²) in [5.41, 5.74) is 18.7. The van der Waals surface area contributed by atoms with E-state index in [1.165, 1.54) is 38.9 Å². The molecule has 0 unspecified atom stereocenters. The standard InChI is InChI=1S/C51H34BN3O2/c1-51(2)34-13-3-5-17-38(34)53(39-18-6-4-14-35(39)51)33-27-25-31(26-28-33)32-29-42-48-43(30-32)55-41-20-8-10-22-45(41)57-47-24-12-16-37(50(47)55)52(48)36-15-11-23-46-49(36)54(42)40-19-7-9-21-44(40)56-46/h3-30H,1-2H3. The fourth-order valence-corrected chi connectivity index (χ4v) is 10.3. The maximum Gasteiger partial charge on any atom is 0.252 e. The third kappa shape index (κ3) is 4.04. The average Bonchev–Trinajstić information content (AvgIpc) is 3.25. The van der Waals surface area contributed by atoms with Gasteiger partial charge >= 0.3 is 0 Å². The Labute approximate surface area is 331 Å². The van der Waals surface area contributed by atoms with Crippen LogP contribution in [0, 0.1) is 0 Å². The molecule has 6 heteroatoms. The monoisotopic (exact) mass is 731 g/mol. The molecule has 13 rings (SSSR count). The molecule has 5 heterocycles. The molecule has 0 spiro atoms. The van der Waals surface area contributed by atoms with Crippen molar-refractivity contribution in [2.24, 2.45) is 0 Å². The van der Waals surface area contributed by atoms with E-state index in [-0.39, 0.29) is 12.1 Å². The Morgan fingerprint density at radius 3 is 1.39 bits per heavy atom. The molecule has 0 atom stereocenters. The molecule has 0 saturated heterocycles. The first-order chi connectivity index (χ1) is 28.0. The maximum absolute atomic E-state index is 6.66. The van der Waals surface area contributed by atoms with Gasteiger partial charge in [-0.15, -0.1) is 0 Å². The Morgan fingerprint density at radius 1 is 0.404 bits per heavy atom. The van der Waals surface area contributed by atoms with E-state index in [2.05, 4.69) is 198 Å². The summed E-state index contributed by atoms with van der Waals surface area (Å²) in [5.74, 6) is 3.44. The molecule has 0 saturated carbocycles. The van der Waals surface area contributed by atoms with E-state index in [0.717, 1.165) is 73.9 Å². The number of fused-ring (bicyclic) bond motifs is 10. The first-order valence-corrected chi connectivity index (χ1v) is 19.7. The summed E-state index contributed by atoms with van der Waals surface area (Å²) in [4.78, 5) is 7.32. The minimum Gasteiger partial charge on any atom is -0.453 e. The van der Waals surface area contributed by atoms with Crippen LogP contribution in [0.15, 0.2) is 170 Å². The number of hydrogen-bond donors (Lipinski definition) is 0. The van der Waals surface area contributed by atoms with Gasteiger partial charge in [-0.05, 0) is 111 Å². The van der Waals surface area contributed by atoms with Crippen LogP contribution in [0.25, 0.3) is 11.1 Å². The van der Waals surface area contributed by atoms with Crippen molar-refractivity contribution in [1.29, 1.82) is 0 Å². The predicted molar refractivity (Wildman–Crippen MR) is 233 cm³/mol. The molecular formula is C51H34BN3O2. The van der Waals surface area contributed by atoms with Crippen molar-refractivity contribution < 1.29 is 9.47 Å². The normalized spacial score (nSPS) is 15.1. The minimum absolute atomic E-state index is 0.0185. The van der Waals surface area contributed by atoms with E-state index in [9.17, 15) is 0 Å². The van der Waals surface area contributed by atoms with Crippen LogP contribution in [0.1, 0.15) is 25.0 Å². The van der Waals surface area contributed by atoms with E-state index >= 15 is 0 Å². The summed E-state index contributed by atoms with van der Waals surface area (Å²) >= 11 is 0. The molecule has 5 aliphatic heterocycles. The Bertz CT molecular complexity index is 2870. The van der Waals surface area contributed by atoms with Gasteiger partial charge in [-0.3, -0.25) is 0 Å². The number of rotatable bonds is 2. The third-order valence-electron chi connectivity index (χ3n) is 12.8. The predicted octanol–water partition coefficient (Wildman–Crippen LogP) is 11.8. The van der Waals surface area contributed by atoms with Gasteiger partial charge in [0.05, 0.1) is 34.1 Å². The summed E-state index contributed by atoms with van der Waals surface area (Å²) in [5, 5.41) is 0. The van der Waals surface area contributed by atoms with Gasteiger partial charge in [-0.1, -0.05) is 111 Å². The SMILES string of the molecule is CC1(C)c2ccccc2N(c2ccc(-c3cc4c5c(c3)N3c6ccccc6Oc6cccc(c63)B5c3cccc5c3N4c3ccccc3O5)cc2)c2ccccc21. The van der Waals surface area contributed by atoms with Gasteiger partial charge in [0.15, 0.2) is 23.0 Å².